The second kappa shape index (κ2) is 24.2. The summed E-state index contributed by atoms with van der Waals surface area (Å²) in [5.74, 6) is -1.69. The Hall–Kier alpha value is -7.32. The van der Waals surface area contributed by atoms with E-state index in [9.17, 15) is 62.3 Å². The summed E-state index contributed by atoms with van der Waals surface area (Å²) >= 11 is 1.81. The Morgan fingerprint density at radius 1 is 0.700 bits per heavy atom. The predicted octanol–water partition coefficient (Wildman–Crippen LogP) is 10.9. The van der Waals surface area contributed by atoms with Crippen LogP contribution in [-0.2, 0) is 40.5 Å². The van der Waals surface area contributed by atoms with E-state index in [2.05, 4.69) is 46.7 Å². The van der Waals surface area contributed by atoms with Crippen molar-refractivity contribution >= 4 is 135 Å². The van der Waals surface area contributed by atoms with Crippen LogP contribution in [0.15, 0.2) is 118 Å². The molecular formula is C48H42N10O16S6. The Kier molecular flexibility index (Phi) is 17.8. The van der Waals surface area contributed by atoms with Gasteiger partial charge in [0.25, 0.3) is 40.5 Å². The normalized spacial score (nSPS) is 12.8. The van der Waals surface area contributed by atoms with Gasteiger partial charge in [0, 0.05) is 34.0 Å². The van der Waals surface area contributed by atoms with Crippen LogP contribution in [0.25, 0.3) is 37.7 Å². The van der Waals surface area contributed by atoms with Crippen molar-refractivity contribution in [2.75, 3.05) is 37.1 Å². The van der Waals surface area contributed by atoms with Gasteiger partial charge in [-0.2, -0.15) is 38.9 Å². The second-order valence-electron chi connectivity index (χ2n) is 16.9. The molecular weight excluding hydrogens is 1160 g/mol. The zero-order valence-corrected chi connectivity index (χ0v) is 46.2. The number of thioether (sulfide) groups is 1. The molecule has 3 heterocycles. The van der Waals surface area contributed by atoms with E-state index >= 15 is 0 Å². The van der Waals surface area contributed by atoms with Crippen molar-refractivity contribution < 1.29 is 71.2 Å². The molecule has 3 aromatic heterocycles. The zero-order valence-electron chi connectivity index (χ0n) is 41.3. The summed E-state index contributed by atoms with van der Waals surface area (Å²) in [5.41, 5.74) is 1.02. The number of aromatic hydroxyl groups is 1. The second-order valence-corrected chi connectivity index (χ2v) is 24.9. The largest absolute Gasteiger partial charge is 0.493 e. The summed E-state index contributed by atoms with van der Waals surface area (Å²) in [6.45, 7) is 12.7. The third-order valence-electron chi connectivity index (χ3n) is 11.2. The quantitative estimate of drug-likeness (QED) is 0.0162. The summed E-state index contributed by atoms with van der Waals surface area (Å²) in [7, 11) is -18.4. The van der Waals surface area contributed by atoms with Crippen LogP contribution in [0.4, 0.5) is 33.6 Å². The number of para-hydroxylation sites is 2. The van der Waals surface area contributed by atoms with Gasteiger partial charge in [-0.25, -0.2) is 9.97 Å². The van der Waals surface area contributed by atoms with E-state index in [1.807, 2.05) is 0 Å². The molecule has 0 saturated heterocycles. The lowest BCUT2D eigenvalue weighted by molar-refractivity contribution is 0.312. The number of nitrogens with zero attached hydrogens (tertiary/aromatic N) is 10. The van der Waals surface area contributed by atoms with Crippen molar-refractivity contribution in [3.8, 4) is 29.2 Å². The highest BCUT2D eigenvalue weighted by atomic mass is 32.2. The highest BCUT2D eigenvalue weighted by Crippen LogP contribution is 2.47. The van der Waals surface area contributed by atoms with Crippen molar-refractivity contribution in [3.05, 3.63) is 97.8 Å². The maximum absolute atomic E-state index is 12.5. The SMILES string of the molecule is [CH]CCOc1cc(N=Nc2cc(OCCCS(=O)(=O)O)c(N=Nc3c(C)c(C#N)c4nc5ccccc5n4c3O)cc2OCC[CH])c(SCCCS(=O)(=O)O)cc1N=Nc1nc2c(S(=O)(=O)O)cc3ccc(S(=O)(=O)O)cc3c2s1. The minimum Gasteiger partial charge on any atom is -0.493 e. The Labute approximate surface area is 464 Å². The van der Waals surface area contributed by atoms with Crippen LogP contribution in [0.1, 0.15) is 36.8 Å². The summed E-state index contributed by atoms with van der Waals surface area (Å²) in [6.07, 6.45) is -0.234. The molecule has 5 N–H and O–H groups in total. The van der Waals surface area contributed by atoms with Crippen LogP contribution in [0.5, 0.6) is 23.1 Å². The van der Waals surface area contributed by atoms with Gasteiger partial charge in [-0.3, -0.25) is 22.6 Å². The van der Waals surface area contributed by atoms with E-state index in [0.29, 0.717) is 11.0 Å². The maximum atomic E-state index is 12.5. The Morgan fingerprint density at radius 3 is 1.91 bits per heavy atom. The van der Waals surface area contributed by atoms with Crippen LogP contribution in [0.3, 0.4) is 0 Å². The number of azo groups is 3. The van der Waals surface area contributed by atoms with Gasteiger partial charge in [-0.05, 0) is 94.0 Å². The van der Waals surface area contributed by atoms with Crippen LogP contribution < -0.4 is 14.2 Å². The Bertz CT molecular complexity index is 4350. The minimum absolute atomic E-state index is 0.000757. The van der Waals surface area contributed by atoms with Crippen LogP contribution in [-0.4, -0.2) is 108 Å². The number of hydrogen-bond acceptors (Lipinski definition) is 23. The van der Waals surface area contributed by atoms with Crippen molar-refractivity contribution in [2.45, 2.75) is 47.3 Å². The van der Waals surface area contributed by atoms with Crippen molar-refractivity contribution in [3.63, 3.8) is 0 Å². The van der Waals surface area contributed by atoms with E-state index in [4.69, 9.17) is 28.1 Å². The number of rotatable bonds is 24. The zero-order chi connectivity index (χ0) is 57.7. The lowest BCUT2D eigenvalue weighted by atomic mass is 10.1. The standard InChI is InChI=1S/C48H42N10O16S6/c1-4-14-72-38-23-34(53-56-43-27(3)31(26-49)46-50-32-10-6-7-11-37(32)58(46)47(43)59)39(74-16-8-18-77(60,61)62)22-33(38)52-55-36-24-40(73-15-5-2)35(25-41(36)75-17-9-19-78(63,64)65)54-57-48-51-44-42(80(69,70)71)20-28-12-13-29(79(66,67)68)21-30(28)45(44)76-48/h1-2,6-7,10-13,20-25,59H,4-5,8-9,14-19H2,3H3,(H,60,61,62)(H,63,64,65)(H,66,67,68)(H,69,70,71). The number of benzene rings is 5. The van der Waals surface area contributed by atoms with Gasteiger partial charge in [0.05, 0.1) is 52.0 Å². The average Bonchev–Trinajstić information content (AvgIpc) is 4.00. The van der Waals surface area contributed by atoms with E-state index in [1.165, 1.54) is 34.7 Å². The number of hydrogen-bond donors (Lipinski definition) is 5. The van der Waals surface area contributed by atoms with Gasteiger partial charge >= 0.3 is 0 Å². The number of thiazole rings is 1. The van der Waals surface area contributed by atoms with Crippen molar-refractivity contribution in [2.24, 2.45) is 30.7 Å². The molecule has 8 rings (SSSR count). The van der Waals surface area contributed by atoms with E-state index in [0.717, 1.165) is 41.3 Å². The van der Waals surface area contributed by atoms with Crippen LogP contribution in [0, 0.1) is 32.1 Å². The fourth-order valence-electron chi connectivity index (χ4n) is 7.69. The van der Waals surface area contributed by atoms with Gasteiger partial charge in [-0.1, -0.05) is 29.5 Å². The molecule has 80 heavy (non-hydrogen) atoms. The number of pyridine rings is 1. The topological polar surface area (TPSA) is 394 Å². The Balaban J connectivity index is 1.24. The number of nitriles is 1. The van der Waals surface area contributed by atoms with Crippen molar-refractivity contribution in [1.82, 2.24) is 14.4 Å². The van der Waals surface area contributed by atoms with E-state index < -0.39 is 67.6 Å². The summed E-state index contributed by atoms with van der Waals surface area (Å²) in [6, 6.07) is 18.9. The summed E-state index contributed by atoms with van der Waals surface area (Å²) in [5, 5.41) is 48.2. The molecule has 26 nitrogen and oxygen atoms in total. The molecule has 0 bridgehead atoms. The van der Waals surface area contributed by atoms with E-state index in [1.54, 1.807) is 31.2 Å². The first-order valence-corrected chi connectivity index (χ1v) is 31.1. The molecule has 0 fully saturated rings. The van der Waals surface area contributed by atoms with Gasteiger partial charge in [0.1, 0.15) is 62.0 Å². The van der Waals surface area contributed by atoms with Gasteiger partial charge in [0.15, 0.2) is 11.3 Å². The highest BCUT2D eigenvalue weighted by molar-refractivity contribution is 7.99. The van der Waals surface area contributed by atoms with Gasteiger partial charge in [0.2, 0.25) is 11.0 Å². The molecule has 32 heteroatoms. The molecule has 0 aliphatic heterocycles. The third kappa shape index (κ3) is 13.8. The molecule has 5 aromatic carbocycles. The summed E-state index contributed by atoms with van der Waals surface area (Å²) in [4.78, 5) is 7.93. The average molecular weight is 1210 g/mol. The fourth-order valence-corrected chi connectivity index (χ4v) is 12.0. The molecule has 0 aliphatic carbocycles. The first-order chi connectivity index (χ1) is 37.9. The molecule has 0 atom stereocenters. The summed E-state index contributed by atoms with van der Waals surface area (Å²) < 4.78 is 154. The van der Waals surface area contributed by atoms with Crippen molar-refractivity contribution in [1.29, 1.82) is 5.26 Å². The predicted molar refractivity (Wildman–Crippen MR) is 293 cm³/mol. The molecule has 4 radical (unpaired) electrons. The number of fused-ring (bicyclic) bond motifs is 6. The number of aromatic nitrogens is 3. The molecule has 0 unspecified atom stereocenters. The molecule has 0 saturated carbocycles. The maximum Gasteiger partial charge on any atom is 0.296 e. The molecule has 416 valence electrons. The third-order valence-corrected chi connectivity index (χ3v) is 16.7. The minimum atomic E-state index is -4.92. The molecule has 0 amide bonds. The highest BCUT2D eigenvalue weighted by Gasteiger charge is 2.25. The number of imidazole rings is 1. The number of ether oxygens (including phenoxy) is 3. The first-order valence-electron chi connectivity index (χ1n) is 23.2. The lowest BCUT2D eigenvalue weighted by Crippen LogP contribution is -2.08. The van der Waals surface area contributed by atoms with Gasteiger partial charge < -0.3 is 19.3 Å². The first kappa shape index (κ1) is 58.8. The van der Waals surface area contributed by atoms with Gasteiger partial charge in [-0.15, -0.1) is 42.4 Å². The molecule has 0 spiro atoms. The lowest BCUT2D eigenvalue weighted by Gasteiger charge is -2.14. The fraction of sp³-hybridized carbons (Fsp3) is 0.229. The van der Waals surface area contributed by atoms with E-state index in [-0.39, 0.29) is 145 Å². The monoisotopic (exact) mass is 1210 g/mol. The molecule has 0 aliphatic rings. The Morgan fingerprint density at radius 2 is 1.29 bits per heavy atom. The van der Waals surface area contributed by atoms with Crippen LogP contribution >= 0.6 is 23.1 Å². The van der Waals surface area contributed by atoms with Crippen LogP contribution in [0.2, 0.25) is 0 Å². The molecule has 8 aromatic rings. The smallest absolute Gasteiger partial charge is 0.296 e.